The van der Waals surface area contributed by atoms with Crippen LogP contribution in [-0.2, 0) is 0 Å². The van der Waals surface area contributed by atoms with Crippen LogP contribution in [-0.4, -0.2) is 47.5 Å². The zero-order chi connectivity index (χ0) is 10.7. The summed E-state index contributed by atoms with van der Waals surface area (Å²) in [5.74, 6) is -0.495. The Labute approximate surface area is 86.9 Å². The fourth-order valence-electron chi connectivity index (χ4n) is 1.60. The van der Waals surface area contributed by atoms with Gasteiger partial charge in [0.1, 0.15) is 5.56 Å². The summed E-state index contributed by atoms with van der Waals surface area (Å²) in [7, 11) is 0. The van der Waals surface area contributed by atoms with E-state index in [0.29, 0.717) is 5.82 Å². The minimum Gasteiger partial charge on any atom is -0.478 e. The van der Waals surface area contributed by atoms with Crippen molar-refractivity contribution in [1.29, 1.82) is 0 Å². The van der Waals surface area contributed by atoms with Gasteiger partial charge in [-0.05, 0) is 6.07 Å². The summed E-state index contributed by atoms with van der Waals surface area (Å²) < 4.78 is 0. The summed E-state index contributed by atoms with van der Waals surface area (Å²) in [6.45, 7) is 3.21. The van der Waals surface area contributed by atoms with E-state index in [-0.39, 0.29) is 5.56 Å². The van der Waals surface area contributed by atoms with Gasteiger partial charge in [-0.25, -0.2) is 4.79 Å². The molecule has 0 saturated carbocycles. The van der Waals surface area contributed by atoms with Gasteiger partial charge in [-0.1, -0.05) is 0 Å². The molecule has 80 valence electrons. The van der Waals surface area contributed by atoms with Crippen molar-refractivity contribution in [3.05, 3.63) is 17.8 Å². The van der Waals surface area contributed by atoms with Gasteiger partial charge in [-0.15, -0.1) is 5.10 Å². The van der Waals surface area contributed by atoms with Gasteiger partial charge in [0.15, 0.2) is 5.82 Å². The van der Waals surface area contributed by atoms with Crippen molar-refractivity contribution in [1.82, 2.24) is 15.5 Å². The molecule has 1 aromatic rings. The van der Waals surface area contributed by atoms with Crippen LogP contribution < -0.4 is 10.2 Å². The summed E-state index contributed by atoms with van der Waals surface area (Å²) >= 11 is 0. The number of carboxylic acid groups (broad SMARTS) is 1. The molecule has 0 atom stereocenters. The third-order valence-corrected chi connectivity index (χ3v) is 2.35. The van der Waals surface area contributed by atoms with E-state index in [9.17, 15) is 4.79 Å². The number of hydrogen-bond acceptors (Lipinski definition) is 5. The summed E-state index contributed by atoms with van der Waals surface area (Å²) in [5, 5.41) is 19.8. The van der Waals surface area contributed by atoms with Crippen molar-refractivity contribution in [3.63, 3.8) is 0 Å². The monoisotopic (exact) mass is 208 g/mol. The maximum absolute atomic E-state index is 11.0. The number of hydrogen-bond donors (Lipinski definition) is 2. The molecule has 1 aromatic heterocycles. The third kappa shape index (κ3) is 2.04. The molecule has 1 saturated heterocycles. The molecule has 1 fully saturated rings. The number of nitrogens with zero attached hydrogens (tertiary/aromatic N) is 3. The smallest absolute Gasteiger partial charge is 0.339 e. The molecular formula is C9H12N4O2. The molecule has 6 nitrogen and oxygen atoms in total. The number of piperazine rings is 1. The predicted molar refractivity (Wildman–Crippen MR) is 54.1 cm³/mol. The fraction of sp³-hybridized carbons (Fsp3) is 0.444. The van der Waals surface area contributed by atoms with Crippen LogP contribution in [0.5, 0.6) is 0 Å². The molecule has 0 aromatic carbocycles. The topological polar surface area (TPSA) is 78.3 Å². The molecule has 1 aliphatic rings. The van der Waals surface area contributed by atoms with Crippen LogP contribution in [0.2, 0.25) is 0 Å². The van der Waals surface area contributed by atoms with E-state index in [4.69, 9.17) is 5.11 Å². The number of aromatic carboxylic acids is 1. The molecule has 15 heavy (non-hydrogen) atoms. The van der Waals surface area contributed by atoms with E-state index >= 15 is 0 Å². The number of rotatable bonds is 2. The highest BCUT2D eigenvalue weighted by Gasteiger charge is 2.19. The van der Waals surface area contributed by atoms with Crippen molar-refractivity contribution in [2.75, 3.05) is 31.1 Å². The number of anilines is 1. The average Bonchev–Trinajstić information content (AvgIpc) is 2.30. The fourth-order valence-corrected chi connectivity index (χ4v) is 1.60. The van der Waals surface area contributed by atoms with E-state index in [2.05, 4.69) is 15.5 Å². The SMILES string of the molecule is O=C(O)c1ccnnc1N1CCNCC1. The highest BCUT2D eigenvalue weighted by molar-refractivity contribution is 5.93. The summed E-state index contributed by atoms with van der Waals surface area (Å²) in [4.78, 5) is 12.9. The van der Waals surface area contributed by atoms with Gasteiger partial charge in [0.05, 0.1) is 6.20 Å². The molecule has 6 heteroatoms. The van der Waals surface area contributed by atoms with Gasteiger partial charge in [-0.3, -0.25) is 0 Å². The maximum atomic E-state index is 11.0. The van der Waals surface area contributed by atoms with E-state index < -0.39 is 5.97 Å². The Hall–Kier alpha value is -1.69. The standard InChI is InChI=1S/C9H12N4O2/c14-9(15)7-1-2-11-12-8(7)13-5-3-10-4-6-13/h1-2,10H,3-6H2,(H,14,15). The van der Waals surface area contributed by atoms with Crippen LogP contribution in [0.15, 0.2) is 12.3 Å². The maximum Gasteiger partial charge on any atom is 0.339 e. The normalized spacial score (nSPS) is 16.4. The van der Waals surface area contributed by atoms with Gasteiger partial charge in [-0.2, -0.15) is 5.10 Å². The minimum absolute atomic E-state index is 0.215. The number of carboxylic acids is 1. The van der Waals surface area contributed by atoms with Gasteiger partial charge >= 0.3 is 5.97 Å². The Morgan fingerprint density at radius 2 is 2.20 bits per heavy atom. The molecule has 0 aliphatic carbocycles. The number of aromatic nitrogens is 2. The van der Waals surface area contributed by atoms with E-state index in [1.807, 2.05) is 4.90 Å². The molecule has 0 spiro atoms. The Balaban J connectivity index is 2.29. The lowest BCUT2D eigenvalue weighted by atomic mass is 10.2. The third-order valence-electron chi connectivity index (χ3n) is 2.35. The van der Waals surface area contributed by atoms with Crippen molar-refractivity contribution in [2.24, 2.45) is 0 Å². The van der Waals surface area contributed by atoms with Crippen LogP contribution in [0.25, 0.3) is 0 Å². The Bertz CT molecular complexity index is 363. The Morgan fingerprint density at radius 3 is 2.87 bits per heavy atom. The van der Waals surface area contributed by atoms with Gasteiger partial charge in [0, 0.05) is 26.2 Å². The van der Waals surface area contributed by atoms with Gasteiger partial charge in [0.25, 0.3) is 0 Å². The van der Waals surface area contributed by atoms with Crippen LogP contribution in [0.4, 0.5) is 5.82 Å². The number of carbonyl (C=O) groups is 1. The van der Waals surface area contributed by atoms with Crippen molar-refractivity contribution in [2.45, 2.75) is 0 Å². The first-order valence-electron chi connectivity index (χ1n) is 4.79. The van der Waals surface area contributed by atoms with Crippen LogP contribution in [0, 0.1) is 0 Å². The molecule has 2 heterocycles. The van der Waals surface area contributed by atoms with E-state index in [1.54, 1.807) is 0 Å². The summed E-state index contributed by atoms with van der Waals surface area (Å²) in [6.07, 6.45) is 1.40. The first kappa shape index (κ1) is 9.85. The Kier molecular flexibility index (Phi) is 2.77. The molecule has 0 unspecified atom stereocenters. The highest BCUT2D eigenvalue weighted by Crippen LogP contribution is 2.16. The molecule has 0 bridgehead atoms. The second-order valence-corrected chi connectivity index (χ2v) is 3.31. The van der Waals surface area contributed by atoms with Gasteiger partial charge in [0.2, 0.25) is 0 Å². The van der Waals surface area contributed by atoms with Crippen molar-refractivity contribution < 1.29 is 9.90 Å². The van der Waals surface area contributed by atoms with E-state index in [0.717, 1.165) is 26.2 Å². The van der Waals surface area contributed by atoms with Crippen molar-refractivity contribution in [3.8, 4) is 0 Å². The first-order valence-corrected chi connectivity index (χ1v) is 4.79. The number of nitrogens with one attached hydrogen (secondary N) is 1. The predicted octanol–water partition coefficient (Wildman–Crippen LogP) is -0.416. The zero-order valence-electron chi connectivity index (χ0n) is 8.18. The first-order chi connectivity index (χ1) is 7.29. The molecule has 2 N–H and O–H groups in total. The van der Waals surface area contributed by atoms with Gasteiger partial charge < -0.3 is 15.3 Å². The quantitative estimate of drug-likeness (QED) is 0.687. The Morgan fingerprint density at radius 1 is 1.47 bits per heavy atom. The zero-order valence-corrected chi connectivity index (χ0v) is 8.18. The molecule has 0 amide bonds. The molecule has 1 aliphatic heterocycles. The average molecular weight is 208 g/mol. The van der Waals surface area contributed by atoms with Crippen LogP contribution in [0.3, 0.4) is 0 Å². The van der Waals surface area contributed by atoms with Crippen LogP contribution >= 0.6 is 0 Å². The summed E-state index contributed by atoms with van der Waals surface area (Å²) in [5.41, 5.74) is 0.215. The summed E-state index contributed by atoms with van der Waals surface area (Å²) in [6, 6.07) is 1.48. The molecular weight excluding hydrogens is 196 g/mol. The van der Waals surface area contributed by atoms with Crippen LogP contribution in [0.1, 0.15) is 10.4 Å². The second kappa shape index (κ2) is 4.22. The largest absolute Gasteiger partial charge is 0.478 e. The second-order valence-electron chi connectivity index (χ2n) is 3.31. The molecule has 0 radical (unpaired) electrons. The molecule has 2 rings (SSSR count). The lowest BCUT2D eigenvalue weighted by Crippen LogP contribution is -2.44. The minimum atomic E-state index is -0.960. The lowest BCUT2D eigenvalue weighted by Gasteiger charge is -2.28. The van der Waals surface area contributed by atoms with Crippen molar-refractivity contribution >= 4 is 11.8 Å². The lowest BCUT2D eigenvalue weighted by molar-refractivity contribution is 0.0697. The highest BCUT2D eigenvalue weighted by atomic mass is 16.4. The van der Waals surface area contributed by atoms with E-state index in [1.165, 1.54) is 12.3 Å².